The van der Waals surface area contributed by atoms with Crippen LogP contribution in [0.1, 0.15) is 45.7 Å². The van der Waals surface area contributed by atoms with E-state index in [1.54, 1.807) is 0 Å². The number of nitrogens with zero attached hydrogens (tertiary/aromatic N) is 2. The summed E-state index contributed by atoms with van der Waals surface area (Å²) in [4.78, 5) is 7.10. The Bertz CT molecular complexity index is 1260. The maximum atomic E-state index is 4.60. The molecule has 0 saturated heterocycles. The maximum Gasteiger partial charge on any atom is 0.0722 e. The van der Waals surface area contributed by atoms with Gasteiger partial charge in [-0.1, -0.05) is 68.4 Å². The lowest BCUT2D eigenvalue weighted by molar-refractivity contribution is 0.561. The van der Waals surface area contributed by atoms with Gasteiger partial charge in [-0.3, -0.25) is 4.98 Å². The van der Waals surface area contributed by atoms with Gasteiger partial charge in [-0.15, -0.1) is 0 Å². The number of rotatable bonds is 2. The Balaban J connectivity index is 1.85. The molecular weight excluding hydrogens is 364 g/mol. The maximum absolute atomic E-state index is 4.60. The number of fused-ring (bicyclic) bond motifs is 4. The average Bonchev–Trinajstić information content (AvgIpc) is 2.96. The van der Waals surface area contributed by atoms with E-state index in [9.17, 15) is 0 Å². The van der Waals surface area contributed by atoms with E-state index in [-0.39, 0.29) is 11.0 Å². The molecule has 0 saturated carbocycles. The second kappa shape index (κ2) is 6.43. The zero-order chi connectivity index (χ0) is 21.1. The standard InChI is InChI=1S/C28H28N2/c1-27(2,3)30(24-17-18-29-23-15-9-7-12-20(23)24)25-16-10-14-22-26(25)19-11-6-8-13-21(19)28(22,4)5/h6-18H,1-5H3. The SMILES string of the molecule is CC1(C)c2ccccc2-c2c(N(c3ccnc4ccccc34)C(C)(C)C)cccc21. The molecule has 1 heterocycles. The van der Waals surface area contributed by atoms with Gasteiger partial charge in [0, 0.05) is 33.8 Å². The average molecular weight is 393 g/mol. The van der Waals surface area contributed by atoms with E-state index in [0.717, 1.165) is 5.52 Å². The van der Waals surface area contributed by atoms with Crippen molar-refractivity contribution in [1.82, 2.24) is 4.98 Å². The van der Waals surface area contributed by atoms with Crippen LogP contribution in [-0.4, -0.2) is 10.5 Å². The number of hydrogen-bond donors (Lipinski definition) is 0. The summed E-state index contributed by atoms with van der Waals surface area (Å²) in [6, 6.07) is 26.2. The van der Waals surface area contributed by atoms with Crippen LogP contribution in [0, 0.1) is 0 Å². The van der Waals surface area contributed by atoms with Crippen molar-refractivity contribution in [1.29, 1.82) is 0 Å². The highest BCUT2D eigenvalue weighted by molar-refractivity contribution is 5.98. The van der Waals surface area contributed by atoms with E-state index in [2.05, 4.69) is 117 Å². The van der Waals surface area contributed by atoms with Gasteiger partial charge >= 0.3 is 0 Å². The van der Waals surface area contributed by atoms with E-state index in [1.807, 2.05) is 6.20 Å². The molecule has 1 aliphatic rings. The molecule has 1 aliphatic carbocycles. The topological polar surface area (TPSA) is 16.1 Å². The Hall–Kier alpha value is -3.13. The Morgan fingerprint density at radius 3 is 2.23 bits per heavy atom. The van der Waals surface area contributed by atoms with Crippen LogP contribution in [0.2, 0.25) is 0 Å². The zero-order valence-electron chi connectivity index (χ0n) is 18.4. The summed E-state index contributed by atoms with van der Waals surface area (Å²) < 4.78 is 0. The molecule has 4 aromatic rings. The highest BCUT2D eigenvalue weighted by atomic mass is 15.2. The van der Waals surface area contributed by atoms with Crippen LogP contribution in [-0.2, 0) is 5.41 Å². The Morgan fingerprint density at radius 1 is 0.733 bits per heavy atom. The van der Waals surface area contributed by atoms with Gasteiger partial charge in [-0.05, 0) is 55.7 Å². The summed E-state index contributed by atoms with van der Waals surface area (Å²) in [6.45, 7) is 11.5. The molecule has 150 valence electrons. The fraction of sp³-hybridized carbons (Fsp3) is 0.250. The van der Waals surface area contributed by atoms with Gasteiger partial charge in [-0.2, -0.15) is 0 Å². The molecule has 0 amide bonds. The molecule has 0 fully saturated rings. The second-order valence-corrected chi connectivity index (χ2v) is 9.72. The molecule has 2 nitrogen and oxygen atoms in total. The number of benzene rings is 3. The first-order chi connectivity index (χ1) is 14.3. The van der Waals surface area contributed by atoms with Gasteiger partial charge in [0.1, 0.15) is 0 Å². The van der Waals surface area contributed by atoms with Crippen LogP contribution in [0.4, 0.5) is 11.4 Å². The van der Waals surface area contributed by atoms with Crippen molar-refractivity contribution >= 4 is 22.3 Å². The van der Waals surface area contributed by atoms with Crippen LogP contribution in [0.25, 0.3) is 22.0 Å². The predicted octanol–water partition coefficient (Wildman–Crippen LogP) is 7.48. The molecule has 1 aromatic heterocycles. The summed E-state index contributed by atoms with van der Waals surface area (Å²) in [5.41, 5.74) is 8.87. The van der Waals surface area contributed by atoms with Gasteiger partial charge < -0.3 is 4.90 Å². The molecular formula is C28H28N2. The third-order valence-electron chi connectivity index (χ3n) is 6.36. The first-order valence-electron chi connectivity index (χ1n) is 10.7. The number of pyridine rings is 1. The molecule has 0 aliphatic heterocycles. The molecule has 3 aromatic carbocycles. The number of anilines is 2. The Labute approximate surface area is 179 Å². The monoisotopic (exact) mass is 392 g/mol. The lowest BCUT2D eigenvalue weighted by atomic mass is 9.82. The highest BCUT2D eigenvalue weighted by Gasteiger charge is 2.38. The summed E-state index contributed by atoms with van der Waals surface area (Å²) in [7, 11) is 0. The van der Waals surface area contributed by atoms with Crippen molar-refractivity contribution in [3.63, 3.8) is 0 Å². The minimum absolute atomic E-state index is 0.00813. The molecule has 0 N–H and O–H groups in total. The summed E-state index contributed by atoms with van der Waals surface area (Å²) in [5, 5.41) is 1.18. The zero-order valence-corrected chi connectivity index (χ0v) is 18.4. The second-order valence-electron chi connectivity index (χ2n) is 9.72. The van der Waals surface area contributed by atoms with Crippen molar-refractivity contribution in [3.8, 4) is 11.1 Å². The largest absolute Gasteiger partial charge is 0.335 e. The first-order valence-corrected chi connectivity index (χ1v) is 10.7. The minimum Gasteiger partial charge on any atom is -0.335 e. The van der Waals surface area contributed by atoms with E-state index < -0.39 is 0 Å². The Kier molecular flexibility index (Phi) is 4.05. The van der Waals surface area contributed by atoms with Gasteiger partial charge in [0.2, 0.25) is 0 Å². The quantitative estimate of drug-likeness (QED) is 0.351. The molecule has 30 heavy (non-hydrogen) atoms. The van der Waals surface area contributed by atoms with Crippen LogP contribution in [0.15, 0.2) is 79.0 Å². The number of hydrogen-bond acceptors (Lipinski definition) is 2. The van der Waals surface area contributed by atoms with E-state index in [0.29, 0.717) is 0 Å². The fourth-order valence-corrected chi connectivity index (χ4v) is 5.05. The molecule has 0 unspecified atom stereocenters. The van der Waals surface area contributed by atoms with E-state index in [1.165, 1.54) is 39.0 Å². The van der Waals surface area contributed by atoms with Crippen molar-refractivity contribution in [2.45, 2.75) is 45.6 Å². The van der Waals surface area contributed by atoms with Crippen molar-refractivity contribution in [2.75, 3.05) is 4.90 Å². The summed E-state index contributed by atoms with van der Waals surface area (Å²) in [6.07, 6.45) is 1.93. The van der Waals surface area contributed by atoms with Crippen LogP contribution in [0.5, 0.6) is 0 Å². The lowest BCUT2D eigenvalue weighted by Crippen LogP contribution is -2.38. The van der Waals surface area contributed by atoms with E-state index in [4.69, 9.17) is 0 Å². The van der Waals surface area contributed by atoms with Crippen molar-refractivity contribution in [2.24, 2.45) is 0 Å². The molecule has 0 bridgehead atoms. The first kappa shape index (κ1) is 18.9. The van der Waals surface area contributed by atoms with Crippen LogP contribution < -0.4 is 4.90 Å². The molecule has 0 radical (unpaired) electrons. The van der Waals surface area contributed by atoms with Gasteiger partial charge in [0.05, 0.1) is 11.2 Å². The summed E-state index contributed by atoms with van der Waals surface area (Å²) >= 11 is 0. The van der Waals surface area contributed by atoms with Gasteiger partial charge in [-0.25, -0.2) is 0 Å². The highest BCUT2D eigenvalue weighted by Crippen LogP contribution is 2.54. The smallest absolute Gasteiger partial charge is 0.0722 e. The van der Waals surface area contributed by atoms with Crippen molar-refractivity contribution < 1.29 is 0 Å². The van der Waals surface area contributed by atoms with Gasteiger partial charge in [0.25, 0.3) is 0 Å². The lowest BCUT2D eigenvalue weighted by Gasteiger charge is -2.40. The molecule has 0 spiro atoms. The third kappa shape index (κ3) is 2.67. The fourth-order valence-electron chi connectivity index (χ4n) is 5.05. The van der Waals surface area contributed by atoms with Gasteiger partial charge in [0.15, 0.2) is 0 Å². The Morgan fingerprint density at radius 2 is 1.43 bits per heavy atom. The molecule has 2 heteroatoms. The molecule has 5 rings (SSSR count). The molecule has 0 atom stereocenters. The minimum atomic E-state index is -0.110. The van der Waals surface area contributed by atoms with Crippen LogP contribution >= 0.6 is 0 Å². The summed E-state index contributed by atoms with van der Waals surface area (Å²) in [5.74, 6) is 0. The third-order valence-corrected chi connectivity index (χ3v) is 6.36. The van der Waals surface area contributed by atoms with Crippen molar-refractivity contribution in [3.05, 3.63) is 90.1 Å². The normalized spacial score (nSPS) is 14.4. The van der Waals surface area contributed by atoms with Crippen LogP contribution in [0.3, 0.4) is 0 Å². The number of aromatic nitrogens is 1. The van der Waals surface area contributed by atoms with E-state index >= 15 is 0 Å². The predicted molar refractivity (Wildman–Crippen MR) is 128 cm³/mol. The number of para-hydroxylation sites is 1.